The van der Waals surface area contributed by atoms with Crippen molar-refractivity contribution in [3.63, 3.8) is 0 Å². The molecular formula is C17H19ClN4O4. The van der Waals surface area contributed by atoms with Gasteiger partial charge in [0.2, 0.25) is 5.95 Å². The topological polar surface area (TPSA) is 122 Å². The lowest BCUT2D eigenvalue weighted by Crippen LogP contribution is -2.32. The van der Waals surface area contributed by atoms with Crippen LogP contribution in [0.1, 0.15) is 34.1 Å². The van der Waals surface area contributed by atoms with E-state index in [9.17, 15) is 9.90 Å². The van der Waals surface area contributed by atoms with Crippen molar-refractivity contribution in [1.82, 2.24) is 9.97 Å². The van der Waals surface area contributed by atoms with Crippen LogP contribution in [-0.4, -0.2) is 45.9 Å². The Kier molecular flexibility index (Phi) is 5.15. The molecule has 1 aromatic carbocycles. The highest BCUT2D eigenvalue weighted by atomic mass is 35.5. The quantitative estimate of drug-likeness (QED) is 0.744. The fraction of sp³-hybridized carbons (Fsp3) is 0.353. The van der Waals surface area contributed by atoms with Crippen molar-refractivity contribution >= 4 is 29.3 Å². The average Bonchev–Trinajstić information content (AvgIpc) is 2.81. The first-order chi connectivity index (χ1) is 12.4. The van der Waals surface area contributed by atoms with Gasteiger partial charge in [-0.1, -0.05) is 11.6 Å². The number of ether oxygens (including phenoxy) is 1. The Labute approximate surface area is 155 Å². The minimum atomic E-state index is -1.25. The number of aromatic hydroxyl groups is 1. The molecule has 1 aliphatic rings. The van der Waals surface area contributed by atoms with Crippen molar-refractivity contribution < 1.29 is 19.7 Å². The predicted molar refractivity (Wildman–Crippen MR) is 96.8 cm³/mol. The number of aromatic nitrogens is 2. The molecule has 1 saturated heterocycles. The maximum Gasteiger partial charge on any atom is 0.339 e. The third-order valence-electron chi connectivity index (χ3n) is 4.20. The SMILES string of the molecule is Cc1cc(N2CCCOCC2c2cc(O)c(C(=O)O)cc2Cl)nc(N)n1. The molecule has 1 aromatic heterocycles. The van der Waals surface area contributed by atoms with E-state index in [1.807, 2.05) is 17.9 Å². The normalized spacial score (nSPS) is 17.8. The molecule has 138 valence electrons. The highest BCUT2D eigenvalue weighted by molar-refractivity contribution is 6.32. The number of rotatable bonds is 3. The van der Waals surface area contributed by atoms with Crippen LogP contribution in [-0.2, 0) is 4.74 Å². The monoisotopic (exact) mass is 378 g/mol. The molecule has 1 unspecified atom stereocenters. The Balaban J connectivity index is 2.07. The van der Waals surface area contributed by atoms with Gasteiger partial charge in [-0.2, -0.15) is 4.98 Å². The van der Waals surface area contributed by atoms with Gasteiger partial charge in [-0.25, -0.2) is 9.78 Å². The van der Waals surface area contributed by atoms with E-state index in [1.165, 1.54) is 12.1 Å². The Morgan fingerprint density at radius 1 is 1.38 bits per heavy atom. The second kappa shape index (κ2) is 7.35. The maximum absolute atomic E-state index is 11.2. The van der Waals surface area contributed by atoms with Crippen molar-refractivity contribution in [3.05, 3.63) is 40.0 Å². The molecule has 0 bridgehead atoms. The van der Waals surface area contributed by atoms with Crippen molar-refractivity contribution in [2.75, 3.05) is 30.4 Å². The molecule has 0 saturated carbocycles. The zero-order valence-electron chi connectivity index (χ0n) is 14.1. The van der Waals surface area contributed by atoms with E-state index >= 15 is 0 Å². The van der Waals surface area contributed by atoms with Gasteiger partial charge in [0.1, 0.15) is 17.1 Å². The third kappa shape index (κ3) is 3.66. The zero-order chi connectivity index (χ0) is 18.8. The summed E-state index contributed by atoms with van der Waals surface area (Å²) in [5.74, 6) is -0.800. The van der Waals surface area contributed by atoms with Crippen LogP contribution in [0.15, 0.2) is 18.2 Å². The maximum atomic E-state index is 11.2. The van der Waals surface area contributed by atoms with Crippen LogP contribution in [0.3, 0.4) is 0 Å². The van der Waals surface area contributed by atoms with Gasteiger partial charge in [0.05, 0.1) is 12.6 Å². The summed E-state index contributed by atoms with van der Waals surface area (Å²) in [4.78, 5) is 21.6. The summed E-state index contributed by atoms with van der Waals surface area (Å²) in [6, 6.07) is 4.08. The second-order valence-electron chi connectivity index (χ2n) is 6.06. The summed E-state index contributed by atoms with van der Waals surface area (Å²) in [5.41, 5.74) is 6.83. The van der Waals surface area contributed by atoms with Crippen LogP contribution in [0, 0.1) is 6.92 Å². The molecule has 2 heterocycles. The second-order valence-corrected chi connectivity index (χ2v) is 6.47. The Morgan fingerprint density at radius 2 is 2.15 bits per heavy atom. The van der Waals surface area contributed by atoms with E-state index in [-0.39, 0.29) is 28.3 Å². The van der Waals surface area contributed by atoms with Gasteiger partial charge in [0.15, 0.2) is 0 Å². The fourth-order valence-electron chi connectivity index (χ4n) is 3.04. The number of carbonyl (C=O) groups is 1. The van der Waals surface area contributed by atoms with E-state index in [4.69, 9.17) is 27.2 Å². The van der Waals surface area contributed by atoms with Crippen LogP contribution < -0.4 is 10.6 Å². The van der Waals surface area contributed by atoms with Crippen LogP contribution in [0.5, 0.6) is 5.75 Å². The van der Waals surface area contributed by atoms with E-state index in [0.717, 1.165) is 12.1 Å². The summed E-state index contributed by atoms with van der Waals surface area (Å²) in [5, 5.41) is 19.5. The average molecular weight is 379 g/mol. The van der Waals surface area contributed by atoms with E-state index < -0.39 is 5.97 Å². The molecule has 2 aromatic rings. The van der Waals surface area contributed by atoms with Crippen molar-refractivity contribution in [2.45, 2.75) is 19.4 Å². The fourth-order valence-corrected chi connectivity index (χ4v) is 3.33. The number of nitrogens with zero attached hydrogens (tertiary/aromatic N) is 3. The zero-order valence-corrected chi connectivity index (χ0v) is 14.9. The lowest BCUT2D eigenvalue weighted by molar-refractivity contribution is 0.0693. The summed E-state index contributed by atoms with van der Waals surface area (Å²) in [6.07, 6.45) is 0.774. The van der Waals surface area contributed by atoms with Crippen LogP contribution in [0.2, 0.25) is 5.02 Å². The van der Waals surface area contributed by atoms with Gasteiger partial charge in [0, 0.05) is 29.9 Å². The van der Waals surface area contributed by atoms with Gasteiger partial charge in [-0.15, -0.1) is 0 Å². The van der Waals surface area contributed by atoms with Gasteiger partial charge in [0.25, 0.3) is 0 Å². The number of hydrogen-bond donors (Lipinski definition) is 3. The first kappa shape index (κ1) is 18.2. The van der Waals surface area contributed by atoms with Gasteiger partial charge in [-0.3, -0.25) is 0 Å². The molecular weight excluding hydrogens is 360 g/mol. The molecule has 9 heteroatoms. The summed E-state index contributed by atoms with van der Waals surface area (Å²) >= 11 is 6.33. The van der Waals surface area contributed by atoms with Gasteiger partial charge in [-0.05, 0) is 31.0 Å². The third-order valence-corrected chi connectivity index (χ3v) is 4.52. The Bertz CT molecular complexity index is 826. The number of hydrogen-bond acceptors (Lipinski definition) is 7. The number of anilines is 2. The molecule has 0 radical (unpaired) electrons. The minimum Gasteiger partial charge on any atom is -0.507 e. The molecule has 0 spiro atoms. The number of carboxylic acids is 1. The number of phenols is 1. The number of aryl methyl sites for hydroxylation is 1. The number of benzene rings is 1. The lowest BCUT2D eigenvalue weighted by atomic mass is 10.0. The van der Waals surface area contributed by atoms with Crippen LogP contribution >= 0.6 is 11.6 Å². The lowest BCUT2D eigenvalue weighted by Gasteiger charge is -2.31. The molecule has 1 fully saturated rings. The van der Waals surface area contributed by atoms with Crippen molar-refractivity contribution in [3.8, 4) is 5.75 Å². The van der Waals surface area contributed by atoms with Crippen LogP contribution in [0.25, 0.3) is 0 Å². The number of nitrogens with two attached hydrogens (primary N) is 1. The van der Waals surface area contributed by atoms with Crippen molar-refractivity contribution in [1.29, 1.82) is 0 Å². The number of halogens is 1. The smallest absolute Gasteiger partial charge is 0.339 e. The summed E-state index contributed by atoms with van der Waals surface area (Å²) < 4.78 is 5.67. The molecule has 0 aliphatic carbocycles. The predicted octanol–water partition coefficient (Wildman–Crippen LogP) is 2.39. The van der Waals surface area contributed by atoms with Gasteiger partial charge >= 0.3 is 5.97 Å². The molecule has 3 rings (SSSR count). The molecule has 26 heavy (non-hydrogen) atoms. The Morgan fingerprint density at radius 3 is 2.85 bits per heavy atom. The highest BCUT2D eigenvalue weighted by Crippen LogP contribution is 2.36. The number of nitrogen functional groups attached to an aromatic ring is 1. The van der Waals surface area contributed by atoms with Crippen molar-refractivity contribution in [2.24, 2.45) is 0 Å². The molecule has 4 N–H and O–H groups in total. The standard InChI is InChI=1S/C17H19ClN4O4/c1-9-5-15(21-17(19)20-9)22-3-2-4-26-8-13(22)10-7-14(23)11(16(24)25)6-12(10)18/h5-7,13,23H,2-4,8H2,1H3,(H,24,25)(H2,19,20,21). The van der Waals surface area contributed by atoms with Crippen LogP contribution in [0.4, 0.5) is 11.8 Å². The summed E-state index contributed by atoms with van der Waals surface area (Å²) in [6.45, 7) is 3.35. The molecule has 1 aliphatic heterocycles. The highest BCUT2D eigenvalue weighted by Gasteiger charge is 2.28. The van der Waals surface area contributed by atoms with Gasteiger partial charge < -0.3 is 25.6 Å². The van der Waals surface area contributed by atoms with E-state index in [2.05, 4.69) is 9.97 Å². The number of aromatic carboxylic acids is 1. The molecule has 0 amide bonds. The number of carboxylic acid groups (broad SMARTS) is 1. The molecule has 1 atom stereocenters. The first-order valence-corrected chi connectivity index (χ1v) is 8.46. The Hall–Kier alpha value is -2.58. The van der Waals surface area contributed by atoms with E-state index in [0.29, 0.717) is 31.1 Å². The minimum absolute atomic E-state index is 0.166. The summed E-state index contributed by atoms with van der Waals surface area (Å²) in [7, 11) is 0. The van der Waals surface area contributed by atoms with E-state index in [1.54, 1.807) is 0 Å². The largest absolute Gasteiger partial charge is 0.507 e. The molecule has 8 nitrogen and oxygen atoms in total. The first-order valence-electron chi connectivity index (χ1n) is 8.08.